The van der Waals surface area contributed by atoms with Crippen molar-refractivity contribution in [3.05, 3.63) is 34.6 Å². The molecule has 2 aromatic carbocycles. The quantitative estimate of drug-likeness (QED) is 0.414. The molecule has 0 atom stereocenters. The van der Waals surface area contributed by atoms with Gasteiger partial charge in [-0.3, -0.25) is 4.79 Å². The molecule has 0 saturated heterocycles. The molecule has 0 unspecified atom stereocenters. The fourth-order valence-corrected chi connectivity index (χ4v) is 4.42. The molecule has 9 nitrogen and oxygen atoms in total. The number of methoxy groups -OCH3 is 5. The highest BCUT2D eigenvalue weighted by Crippen LogP contribution is 2.38. The number of ether oxygens (including phenoxy) is 6. The van der Waals surface area contributed by atoms with Crippen LogP contribution in [0, 0.1) is 0 Å². The van der Waals surface area contributed by atoms with Crippen LogP contribution in [0.4, 0.5) is 0 Å². The van der Waals surface area contributed by atoms with Crippen molar-refractivity contribution >= 4 is 27.5 Å². The summed E-state index contributed by atoms with van der Waals surface area (Å²) in [5.41, 5.74) is 1.18. The first-order chi connectivity index (χ1) is 16.0. The standard InChI is InChI=1S/C23H28N2O7S/c1-7-32-9-8-25-15-12-16(27-2)17(28-3)13-20(15)33-23(25)24-22(26)14-10-18(29-4)21(31-6)19(11-14)30-5/h10-13H,7-9H2,1-6H3. The Kier molecular flexibility index (Phi) is 8.18. The number of hydrogen-bond acceptors (Lipinski definition) is 8. The van der Waals surface area contributed by atoms with Gasteiger partial charge >= 0.3 is 0 Å². The average Bonchev–Trinajstić information content (AvgIpc) is 3.17. The molecule has 0 bridgehead atoms. The highest BCUT2D eigenvalue weighted by Gasteiger charge is 2.18. The summed E-state index contributed by atoms with van der Waals surface area (Å²) < 4.78 is 35.3. The molecule has 0 saturated carbocycles. The van der Waals surface area contributed by atoms with Crippen LogP contribution < -0.4 is 28.5 Å². The molecule has 0 aliphatic carbocycles. The first-order valence-corrected chi connectivity index (χ1v) is 11.0. The molecule has 0 aliphatic heterocycles. The Morgan fingerprint density at radius 3 is 2.03 bits per heavy atom. The lowest BCUT2D eigenvalue weighted by atomic mass is 10.1. The van der Waals surface area contributed by atoms with Crippen LogP contribution in [0.2, 0.25) is 0 Å². The minimum atomic E-state index is -0.440. The number of hydrogen-bond donors (Lipinski definition) is 0. The second-order valence-corrected chi connectivity index (χ2v) is 7.75. The third kappa shape index (κ3) is 5.07. The Labute approximate surface area is 196 Å². The number of carbonyl (C=O) groups is 1. The van der Waals surface area contributed by atoms with Gasteiger partial charge < -0.3 is 33.0 Å². The van der Waals surface area contributed by atoms with Crippen molar-refractivity contribution < 1.29 is 33.2 Å². The minimum absolute atomic E-state index is 0.313. The van der Waals surface area contributed by atoms with Crippen LogP contribution >= 0.6 is 11.3 Å². The van der Waals surface area contributed by atoms with E-state index in [2.05, 4.69) is 4.99 Å². The summed E-state index contributed by atoms with van der Waals surface area (Å²) in [6.45, 7) is 3.52. The molecular weight excluding hydrogens is 448 g/mol. The second kappa shape index (κ2) is 11.1. The van der Waals surface area contributed by atoms with Crippen LogP contribution in [-0.4, -0.2) is 59.2 Å². The Hall–Kier alpha value is -3.24. The Bertz CT molecular complexity index is 1170. The molecule has 10 heteroatoms. The average molecular weight is 477 g/mol. The number of thiazole rings is 1. The van der Waals surface area contributed by atoms with Crippen molar-refractivity contribution in [1.82, 2.24) is 4.57 Å². The van der Waals surface area contributed by atoms with Crippen molar-refractivity contribution in [2.45, 2.75) is 13.5 Å². The maximum atomic E-state index is 13.1. The number of benzene rings is 2. The molecule has 33 heavy (non-hydrogen) atoms. The zero-order valence-electron chi connectivity index (χ0n) is 19.6. The summed E-state index contributed by atoms with van der Waals surface area (Å²) in [4.78, 5) is 18.1. The SMILES string of the molecule is CCOCCn1c(=NC(=O)c2cc(OC)c(OC)c(OC)c2)sc2cc(OC)c(OC)cc21. The lowest BCUT2D eigenvalue weighted by molar-refractivity contribution is 0.0996. The maximum Gasteiger partial charge on any atom is 0.279 e. The third-order valence-corrected chi connectivity index (χ3v) is 6.00. The van der Waals surface area contributed by atoms with Crippen molar-refractivity contribution in [2.24, 2.45) is 4.99 Å². The number of fused-ring (bicyclic) bond motifs is 1. The molecule has 0 spiro atoms. The normalized spacial score (nSPS) is 11.5. The zero-order chi connectivity index (χ0) is 24.0. The summed E-state index contributed by atoms with van der Waals surface area (Å²) in [5.74, 6) is 1.92. The third-order valence-electron chi connectivity index (χ3n) is 4.96. The van der Waals surface area contributed by atoms with Gasteiger partial charge in [0.1, 0.15) is 0 Å². The lowest BCUT2D eigenvalue weighted by Crippen LogP contribution is -2.20. The summed E-state index contributed by atoms with van der Waals surface area (Å²) >= 11 is 1.38. The number of nitrogens with zero attached hydrogens (tertiary/aromatic N) is 2. The molecule has 0 N–H and O–H groups in total. The van der Waals surface area contributed by atoms with Gasteiger partial charge in [0.15, 0.2) is 27.8 Å². The van der Waals surface area contributed by atoms with Crippen LogP contribution in [-0.2, 0) is 11.3 Å². The van der Waals surface area contributed by atoms with Crippen LogP contribution in [0.3, 0.4) is 0 Å². The van der Waals surface area contributed by atoms with Crippen LogP contribution in [0.15, 0.2) is 29.3 Å². The molecule has 1 heterocycles. The van der Waals surface area contributed by atoms with Gasteiger partial charge in [-0.2, -0.15) is 4.99 Å². The van der Waals surface area contributed by atoms with Gasteiger partial charge in [-0.1, -0.05) is 11.3 Å². The summed E-state index contributed by atoms with van der Waals surface area (Å²) in [6, 6.07) is 6.91. The maximum absolute atomic E-state index is 13.1. The second-order valence-electron chi connectivity index (χ2n) is 6.74. The topological polar surface area (TPSA) is 89.7 Å². The first kappa shape index (κ1) is 24.4. The smallest absolute Gasteiger partial charge is 0.279 e. The summed E-state index contributed by atoms with van der Waals surface area (Å²) in [6.07, 6.45) is 0. The molecule has 178 valence electrons. The number of rotatable bonds is 10. The molecule has 1 aromatic heterocycles. The molecule has 0 fully saturated rings. The van der Waals surface area contributed by atoms with Crippen LogP contribution in [0.1, 0.15) is 17.3 Å². The molecular formula is C23H28N2O7S. The molecule has 0 radical (unpaired) electrons. The van der Waals surface area contributed by atoms with Gasteiger partial charge in [-0.25, -0.2) is 0 Å². The summed E-state index contributed by atoms with van der Waals surface area (Å²) in [5, 5.41) is 0. The van der Waals surface area contributed by atoms with Crippen molar-refractivity contribution in [3.63, 3.8) is 0 Å². The van der Waals surface area contributed by atoms with Crippen LogP contribution in [0.5, 0.6) is 28.7 Å². The fraction of sp³-hybridized carbons (Fsp3) is 0.391. The predicted octanol–water partition coefficient (Wildman–Crippen LogP) is 3.52. The van der Waals surface area contributed by atoms with Gasteiger partial charge in [0.2, 0.25) is 5.75 Å². The lowest BCUT2D eigenvalue weighted by Gasteiger charge is -2.12. The predicted molar refractivity (Wildman–Crippen MR) is 125 cm³/mol. The van der Waals surface area contributed by atoms with E-state index in [4.69, 9.17) is 28.4 Å². The van der Waals surface area contributed by atoms with Gasteiger partial charge in [-0.05, 0) is 19.1 Å². The Morgan fingerprint density at radius 1 is 0.879 bits per heavy atom. The number of amides is 1. The summed E-state index contributed by atoms with van der Waals surface area (Å²) in [7, 11) is 7.67. The Morgan fingerprint density at radius 2 is 1.48 bits per heavy atom. The van der Waals surface area contributed by atoms with Crippen LogP contribution in [0.25, 0.3) is 10.2 Å². The van der Waals surface area contributed by atoms with Crippen molar-refractivity contribution in [2.75, 3.05) is 48.8 Å². The van der Waals surface area contributed by atoms with E-state index in [9.17, 15) is 4.79 Å². The van der Waals surface area contributed by atoms with Gasteiger partial charge in [0.05, 0.1) is 52.4 Å². The van der Waals surface area contributed by atoms with Gasteiger partial charge in [-0.15, -0.1) is 0 Å². The number of carbonyl (C=O) groups excluding carboxylic acids is 1. The van der Waals surface area contributed by atoms with E-state index in [1.54, 1.807) is 26.4 Å². The highest BCUT2D eigenvalue weighted by atomic mass is 32.1. The Balaban J connectivity index is 2.15. The molecule has 0 aliphatic rings. The van der Waals surface area contributed by atoms with E-state index in [-0.39, 0.29) is 0 Å². The largest absolute Gasteiger partial charge is 0.493 e. The van der Waals surface area contributed by atoms with Gasteiger partial charge in [0.25, 0.3) is 5.91 Å². The van der Waals surface area contributed by atoms with Gasteiger partial charge in [0, 0.05) is 30.8 Å². The van der Waals surface area contributed by atoms with E-state index in [1.807, 2.05) is 23.6 Å². The van der Waals surface area contributed by atoms with E-state index >= 15 is 0 Å². The zero-order valence-corrected chi connectivity index (χ0v) is 20.4. The molecule has 3 aromatic rings. The molecule has 3 rings (SSSR count). The number of aromatic nitrogens is 1. The van der Waals surface area contributed by atoms with E-state index in [0.29, 0.717) is 58.9 Å². The minimum Gasteiger partial charge on any atom is -0.493 e. The molecule has 1 amide bonds. The first-order valence-electron chi connectivity index (χ1n) is 10.2. The van der Waals surface area contributed by atoms with Crippen molar-refractivity contribution in [3.8, 4) is 28.7 Å². The van der Waals surface area contributed by atoms with E-state index < -0.39 is 5.91 Å². The monoisotopic (exact) mass is 476 g/mol. The van der Waals surface area contributed by atoms with Crippen molar-refractivity contribution in [1.29, 1.82) is 0 Å². The van der Waals surface area contributed by atoms with E-state index in [0.717, 1.165) is 10.2 Å². The van der Waals surface area contributed by atoms with E-state index in [1.165, 1.54) is 32.7 Å². The highest BCUT2D eigenvalue weighted by molar-refractivity contribution is 7.16. The fourth-order valence-electron chi connectivity index (χ4n) is 3.35.